The lowest BCUT2D eigenvalue weighted by molar-refractivity contribution is -0.117. The fourth-order valence-corrected chi connectivity index (χ4v) is 5.85. The number of hydrogen-bond acceptors (Lipinski definition) is 6. The van der Waals surface area contributed by atoms with Crippen LogP contribution in [0.5, 0.6) is 0 Å². The fourth-order valence-electron chi connectivity index (χ4n) is 5.85. The van der Waals surface area contributed by atoms with Crippen LogP contribution in [0.15, 0.2) is 66.7 Å². The number of Topliss-reactive ketones (excluding diaryl/α,β-unsaturated/α-hetero) is 1. The van der Waals surface area contributed by atoms with Gasteiger partial charge in [0.2, 0.25) is 0 Å². The van der Waals surface area contributed by atoms with Crippen LogP contribution in [0.1, 0.15) is 75.8 Å². The summed E-state index contributed by atoms with van der Waals surface area (Å²) in [6.07, 6.45) is 5.14. The molecule has 3 aromatic rings. The Hall–Kier alpha value is -4.57. The molecule has 1 saturated heterocycles. The Morgan fingerprint density at radius 3 is 2.12 bits per heavy atom. The van der Waals surface area contributed by atoms with Crippen molar-refractivity contribution in [3.05, 3.63) is 100 Å². The number of esters is 1. The highest BCUT2D eigenvalue weighted by Gasteiger charge is 2.45. The van der Waals surface area contributed by atoms with E-state index < -0.39 is 11.4 Å². The molecule has 1 fully saturated rings. The lowest BCUT2D eigenvalue weighted by Gasteiger charge is -2.44. The van der Waals surface area contributed by atoms with Gasteiger partial charge in [-0.1, -0.05) is 18.1 Å². The average molecular weight is 534 g/mol. The Morgan fingerprint density at radius 2 is 1.55 bits per heavy atom. The number of amides is 1. The Morgan fingerprint density at radius 1 is 0.925 bits per heavy atom. The summed E-state index contributed by atoms with van der Waals surface area (Å²) in [5.74, 6) is 5.62. The van der Waals surface area contributed by atoms with Crippen LogP contribution in [-0.4, -0.2) is 45.6 Å². The maximum Gasteiger partial charge on any atom is 0.362 e. The summed E-state index contributed by atoms with van der Waals surface area (Å²) in [5, 5.41) is 0. The van der Waals surface area contributed by atoms with Gasteiger partial charge in [-0.05, 0) is 92.1 Å². The van der Waals surface area contributed by atoms with E-state index in [0.29, 0.717) is 55.8 Å². The summed E-state index contributed by atoms with van der Waals surface area (Å²) in [6.45, 7) is 6.70. The Bertz CT molecular complexity index is 1530. The van der Waals surface area contributed by atoms with E-state index in [1.807, 2.05) is 26.0 Å². The molecular weight excluding hydrogens is 502 g/mol. The number of carbonyl (C=O) groups excluding carboxylic acids is 3. The van der Waals surface area contributed by atoms with Crippen LogP contribution >= 0.6 is 0 Å². The number of aromatic nitrogens is 2. The number of ether oxygens (including phenoxy) is 1. The number of pyridine rings is 2. The molecule has 40 heavy (non-hydrogen) atoms. The van der Waals surface area contributed by atoms with Crippen LogP contribution < -0.4 is 0 Å². The maximum atomic E-state index is 14.0. The minimum Gasteiger partial charge on any atom is -0.426 e. The van der Waals surface area contributed by atoms with Crippen molar-refractivity contribution in [3.8, 4) is 11.8 Å². The first-order valence-corrected chi connectivity index (χ1v) is 13.4. The number of nitrogens with zero attached hydrogens (tertiary/aromatic N) is 3. The first-order chi connectivity index (χ1) is 19.3. The number of likely N-dealkylation sites (tertiary alicyclic amines) is 1. The topological polar surface area (TPSA) is 89.5 Å². The molecule has 5 rings (SSSR count). The van der Waals surface area contributed by atoms with E-state index in [1.54, 1.807) is 54.4 Å². The Kier molecular flexibility index (Phi) is 7.61. The zero-order valence-corrected chi connectivity index (χ0v) is 23.0. The van der Waals surface area contributed by atoms with Crippen molar-refractivity contribution in [2.24, 2.45) is 5.41 Å². The van der Waals surface area contributed by atoms with Crippen molar-refractivity contribution >= 4 is 23.2 Å². The number of carbonyl (C=O) groups is 3. The summed E-state index contributed by atoms with van der Waals surface area (Å²) < 4.78 is 6.01. The number of ketones is 1. The molecule has 0 radical (unpaired) electrons. The van der Waals surface area contributed by atoms with Gasteiger partial charge in [-0.3, -0.25) is 14.6 Å². The molecule has 7 nitrogen and oxygen atoms in total. The maximum absolute atomic E-state index is 14.0. The number of allylic oxidation sites excluding steroid dienone is 2. The highest BCUT2D eigenvalue weighted by molar-refractivity contribution is 6.23. The lowest BCUT2D eigenvalue weighted by atomic mass is 9.66. The smallest absolute Gasteiger partial charge is 0.362 e. The summed E-state index contributed by atoms with van der Waals surface area (Å²) in [7, 11) is 0. The number of piperidine rings is 1. The number of benzene rings is 1. The van der Waals surface area contributed by atoms with Gasteiger partial charge in [-0.25, -0.2) is 9.78 Å². The third kappa shape index (κ3) is 5.43. The van der Waals surface area contributed by atoms with E-state index in [-0.39, 0.29) is 17.4 Å². The Balaban J connectivity index is 1.49. The largest absolute Gasteiger partial charge is 0.426 e. The van der Waals surface area contributed by atoms with Crippen LogP contribution in [0, 0.1) is 31.1 Å². The van der Waals surface area contributed by atoms with E-state index in [1.165, 1.54) is 6.20 Å². The fraction of sp³-hybridized carbons (Fsp3) is 0.303. The zero-order chi connectivity index (χ0) is 28.3. The molecule has 0 bridgehead atoms. The molecule has 0 N–H and O–H groups in total. The van der Waals surface area contributed by atoms with Crippen molar-refractivity contribution in [2.45, 2.75) is 46.5 Å². The first-order valence-electron chi connectivity index (χ1n) is 13.4. The molecule has 0 atom stereocenters. The molecule has 1 amide bonds. The highest BCUT2D eigenvalue weighted by Crippen LogP contribution is 2.48. The summed E-state index contributed by atoms with van der Waals surface area (Å²) in [5.41, 5.74) is 4.10. The minimum absolute atomic E-state index is 0.0555. The van der Waals surface area contributed by atoms with Crippen LogP contribution in [-0.2, 0) is 9.53 Å². The van der Waals surface area contributed by atoms with Crippen molar-refractivity contribution in [3.63, 3.8) is 0 Å². The second-order valence-corrected chi connectivity index (χ2v) is 10.5. The van der Waals surface area contributed by atoms with E-state index in [0.717, 1.165) is 22.3 Å². The third-order valence-electron chi connectivity index (χ3n) is 7.77. The number of rotatable bonds is 4. The predicted molar refractivity (Wildman–Crippen MR) is 151 cm³/mol. The van der Waals surface area contributed by atoms with Gasteiger partial charge in [0.05, 0.1) is 5.57 Å². The van der Waals surface area contributed by atoms with Gasteiger partial charge in [-0.15, -0.1) is 5.92 Å². The highest BCUT2D eigenvalue weighted by atomic mass is 16.5. The second-order valence-electron chi connectivity index (χ2n) is 10.5. The van der Waals surface area contributed by atoms with Gasteiger partial charge in [0.15, 0.2) is 5.78 Å². The van der Waals surface area contributed by atoms with E-state index >= 15 is 0 Å². The molecule has 7 heteroatoms. The summed E-state index contributed by atoms with van der Waals surface area (Å²) >= 11 is 0. The molecule has 0 unspecified atom stereocenters. The van der Waals surface area contributed by atoms with Gasteiger partial charge >= 0.3 is 5.97 Å². The van der Waals surface area contributed by atoms with Crippen LogP contribution in [0.2, 0.25) is 0 Å². The quantitative estimate of drug-likeness (QED) is 0.333. The molecule has 3 heterocycles. The standard InChI is InChI=1S/C33H31N3O4/c1-4-9-24-18-22(2)29(23(3)19-24)30-27(37)20-33(21-28(30)40-32(39)26-11-6-8-15-35-26)12-16-36(17-13-33)31(38)25-10-5-7-14-34-25/h5-8,10-11,14-15,18-19H,12-13,16-17,20-21H2,1-3H3. The molecule has 0 saturated carbocycles. The van der Waals surface area contributed by atoms with Gasteiger partial charge in [0.25, 0.3) is 5.91 Å². The van der Waals surface area contributed by atoms with E-state index in [2.05, 4.69) is 21.8 Å². The van der Waals surface area contributed by atoms with Crippen molar-refractivity contribution < 1.29 is 19.1 Å². The average Bonchev–Trinajstić information content (AvgIpc) is 2.95. The van der Waals surface area contributed by atoms with Crippen molar-refractivity contribution in [1.29, 1.82) is 0 Å². The van der Waals surface area contributed by atoms with Gasteiger partial charge in [-0.2, -0.15) is 0 Å². The number of hydrogen-bond donors (Lipinski definition) is 0. The molecule has 1 spiro atoms. The van der Waals surface area contributed by atoms with Crippen LogP contribution in [0.25, 0.3) is 5.57 Å². The molecule has 2 aromatic heterocycles. The molecule has 1 aliphatic carbocycles. The number of aryl methyl sites for hydroxylation is 2. The Labute approximate surface area is 234 Å². The van der Waals surface area contributed by atoms with E-state index in [4.69, 9.17) is 4.74 Å². The molecule has 202 valence electrons. The lowest BCUT2D eigenvalue weighted by Crippen LogP contribution is -2.45. The molecule has 1 aromatic carbocycles. The van der Waals surface area contributed by atoms with Crippen LogP contribution in [0.3, 0.4) is 0 Å². The van der Waals surface area contributed by atoms with Crippen molar-refractivity contribution in [1.82, 2.24) is 14.9 Å². The molecule has 1 aliphatic heterocycles. The normalized spacial score (nSPS) is 16.4. The monoisotopic (exact) mass is 533 g/mol. The van der Waals surface area contributed by atoms with Gasteiger partial charge < -0.3 is 9.64 Å². The third-order valence-corrected chi connectivity index (χ3v) is 7.77. The first kappa shape index (κ1) is 27.0. The SMILES string of the molecule is CC#Cc1cc(C)c(C2=C(OC(=O)c3ccccn3)CC3(CCN(C(=O)c4ccccn4)CC3)CC2=O)c(C)c1. The van der Waals surface area contributed by atoms with Crippen molar-refractivity contribution in [2.75, 3.05) is 13.1 Å². The summed E-state index contributed by atoms with van der Waals surface area (Å²) in [6, 6.07) is 14.3. The minimum atomic E-state index is -0.593. The molecule has 2 aliphatic rings. The van der Waals surface area contributed by atoms with Gasteiger partial charge in [0.1, 0.15) is 17.1 Å². The van der Waals surface area contributed by atoms with Gasteiger partial charge in [0, 0.05) is 43.9 Å². The zero-order valence-electron chi connectivity index (χ0n) is 23.0. The molecular formula is C33H31N3O4. The predicted octanol–water partition coefficient (Wildman–Crippen LogP) is 5.32. The van der Waals surface area contributed by atoms with E-state index in [9.17, 15) is 14.4 Å². The van der Waals surface area contributed by atoms with Crippen LogP contribution in [0.4, 0.5) is 0 Å². The second kappa shape index (κ2) is 11.3. The summed E-state index contributed by atoms with van der Waals surface area (Å²) in [4.78, 5) is 50.3.